The Bertz CT molecular complexity index is 456. The van der Waals surface area contributed by atoms with Gasteiger partial charge in [-0.2, -0.15) is 0 Å². The standard InChI is InChI=1S/C16H23NO4/c1-3-4-5-10-21-14-8-6-13(7-9-14)11-15(16(19)20)17-12(2)18/h6-9,15H,3-5,10-11H2,1-2H3,(H,17,18)(H,19,20). The van der Waals surface area contributed by atoms with E-state index in [-0.39, 0.29) is 12.3 Å². The molecule has 1 rings (SSSR count). The lowest BCUT2D eigenvalue weighted by Gasteiger charge is -2.13. The minimum Gasteiger partial charge on any atom is -0.494 e. The highest BCUT2D eigenvalue weighted by Gasteiger charge is 2.18. The van der Waals surface area contributed by atoms with E-state index in [9.17, 15) is 9.59 Å². The average Bonchev–Trinajstić information content (AvgIpc) is 2.44. The van der Waals surface area contributed by atoms with Gasteiger partial charge in [0.15, 0.2) is 0 Å². The van der Waals surface area contributed by atoms with Crippen LogP contribution in [0.4, 0.5) is 0 Å². The second-order valence-electron chi connectivity index (χ2n) is 4.99. The first kappa shape index (κ1) is 17.0. The molecule has 0 radical (unpaired) electrons. The fraction of sp³-hybridized carbons (Fsp3) is 0.500. The molecule has 0 saturated heterocycles. The third kappa shape index (κ3) is 6.79. The summed E-state index contributed by atoms with van der Waals surface area (Å²) in [5.74, 6) is -0.607. The molecule has 1 atom stereocenters. The Morgan fingerprint density at radius 2 is 1.90 bits per heavy atom. The van der Waals surface area contributed by atoms with Crippen LogP contribution in [-0.2, 0) is 16.0 Å². The fourth-order valence-electron chi connectivity index (χ4n) is 1.94. The number of carboxylic acids is 1. The van der Waals surface area contributed by atoms with Gasteiger partial charge in [0, 0.05) is 13.3 Å². The molecule has 21 heavy (non-hydrogen) atoms. The molecule has 0 fully saturated rings. The number of nitrogens with one attached hydrogen (secondary N) is 1. The summed E-state index contributed by atoms with van der Waals surface area (Å²) >= 11 is 0. The van der Waals surface area contributed by atoms with Crippen LogP contribution < -0.4 is 10.1 Å². The third-order valence-corrected chi connectivity index (χ3v) is 3.06. The van der Waals surface area contributed by atoms with Crippen LogP contribution in [-0.4, -0.2) is 29.6 Å². The van der Waals surface area contributed by atoms with E-state index in [0.29, 0.717) is 6.61 Å². The van der Waals surface area contributed by atoms with E-state index in [0.717, 1.165) is 30.6 Å². The molecule has 0 aliphatic rings. The minimum absolute atomic E-state index is 0.255. The number of rotatable bonds is 9. The number of benzene rings is 1. The molecule has 0 aromatic heterocycles. The summed E-state index contributed by atoms with van der Waals surface area (Å²) in [7, 11) is 0. The number of carboxylic acid groups (broad SMARTS) is 1. The number of hydrogen-bond acceptors (Lipinski definition) is 3. The van der Waals surface area contributed by atoms with E-state index in [1.54, 1.807) is 0 Å². The molecule has 1 aromatic rings. The predicted octanol–water partition coefficient (Wildman–Crippen LogP) is 2.39. The van der Waals surface area contributed by atoms with Crippen molar-refractivity contribution >= 4 is 11.9 Å². The van der Waals surface area contributed by atoms with Gasteiger partial charge in [-0.25, -0.2) is 4.79 Å². The van der Waals surface area contributed by atoms with Crippen molar-refractivity contribution in [2.75, 3.05) is 6.61 Å². The van der Waals surface area contributed by atoms with Crippen molar-refractivity contribution in [1.29, 1.82) is 0 Å². The van der Waals surface area contributed by atoms with Crippen LogP contribution in [0.3, 0.4) is 0 Å². The van der Waals surface area contributed by atoms with Crippen molar-refractivity contribution in [3.8, 4) is 5.75 Å². The van der Waals surface area contributed by atoms with Gasteiger partial charge in [-0.05, 0) is 24.1 Å². The maximum atomic E-state index is 11.1. The molecule has 1 aromatic carbocycles. The van der Waals surface area contributed by atoms with Gasteiger partial charge in [-0.3, -0.25) is 4.79 Å². The maximum Gasteiger partial charge on any atom is 0.326 e. The molecular weight excluding hydrogens is 270 g/mol. The highest BCUT2D eigenvalue weighted by molar-refractivity contribution is 5.82. The number of amides is 1. The lowest BCUT2D eigenvalue weighted by molar-refractivity contribution is -0.141. The number of aliphatic carboxylic acids is 1. The Kier molecular flexibility index (Phi) is 7.29. The largest absolute Gasteiger partial charge is 0.494 e. The summed E-state index contributed by atoms with van der Waals surface area (Å²) in [6.07, 6.45) is 3.59. The lowest BCUT2D eigenvalue weighted by Crippen LogP contribution is -2.41. The Balaban J connectivity index is 2.52. The normalized spacial score (nSPS) is 11.7. The summed E-state index contributed by atoms with van der Waals surface area (Å²) in [6, 6.07) is 6.40. The van der Waals surface area contributed by atoms with Crippen LogP contribution in [0.1, 0.15) is 38.7 Å². The first-order valence-electron chi connectivity index (χ1n) is 7.24. The molecule has 0 spiro atoms. The summed E-state index contributed by atoms with van der Waals surface area (Å²) in [5, 5.41) is 11.5. The first-order chi connectivity index (χ1) is 10.0. The van der Waals surface area contributed by atoms with Gasteiger partial charge >= 0.3 is 5.97 Å². The molecule has 116 valence electrons. The highest BCUT2D eigenvalue weighted by Crippen LogP contribution is 2.14. The molecule has 5 heteroatoms. The zero-order valence-electron chi connectivity index (χ0n) is 12.6. The Morgan fingerprint density at radius 3 is 2.43 bits per heavy atom. The van der Waals surface area contributed by atoms with Crippen LogP contribution in [0.25, 0.3) is 0 Å². The summed E-state index contributed by atoms with van der Waals surface area (Å²) in [5.41, 5.74) is 0.844. The van der Waals surface area contributed by atoms with E-state index >= 15 is 0 Å². The SMILES string of the molecule is CCCCCOc1ccc(CC(NC(C)=O)C(=O)O)cc1. The highest BCUT2D eigenvalue weighted by atomic mass is 16.5. The number of carbonyl (C=O) groups is 2. The van der Waals surface area contributed by atoms with E-state index in [2.05, 4.69) is 12.2 Å². The summed E-state index contributed by atoms with van der Waals surface area (Å²) in [6.45, 7) is 4.14. The van der Waals surface area contributed by atoms with Gasteiger partial charge in [-0.1, -0.05) is 31.9 Å². The van der Waals surface area contributed by atoms with Crippen LogP contribution in [0.2, 0.25) is 0 Å². The molecule has 5 nitrogen and oxygen atoms in total. The Hall–Kier alpha value is -2.04. The molecule has 0 aliphatic carbocycles. The molecule has 1 unspecified atom stereocenters. The van der Waals surface area contributed by atoms with Gasteiger partial charge in [0.1, 0.15) is 11.8 Å². The van der Waals surface area contributed by atoms with Crippen LogP contribution >= 0.6 is 0 Å². The van der Waals surface area contributed by atoms with Gasteiger partial charge in [0.2, 0.25) is 5.91 Å². The first-order valence-corrected chi connectivity index (χ1v) is 7.24. The second kappa shape index (κ2) is 9.00. The minimum atomic E-state index is -1.04. The second-order valence-corrected chi connectivity index (χ2v) is 4.99. The maximum absolute atomic E-state index is 11.1. The monoisotopic (exact) mass is 293 g/mol. The molecule has 0 aliphatic heterocycles. The molecule has 0 saturated carbocycles. The average molecular weight is 293 g/mol. The van der Waals surface area contributed by atoms with Gasteiger partial charge in [0.25, 0.3) is 0 Å². The summed E-state index contributed by atoms with van der Waals surface area (Å²) in [4.78, 5) is 22.0. The summed E-state index contributed by atoms with van der Waals surface area (Å²) < 4.78 is 5.59. The Labute approximate surface area is 125 Å². The van der Waals surface area contributed by atoms with Gasteiger partial charge < -0.3 is 15.2 Å². The molecule has 0 bridgehead atoms. The lowest BCUT2D eigenvalue weighted by atomic mass is 10.1. The van der Waals surface area contributed by atoms with Gasteiger partial charge in [0.05, 0.1) is 6.61 Å². The predicted molar refractivity (Wildman–Crippen MR) is 80.4 cm³/mol. The van der Waals surface area contributed by atoms with Gasteiger partial charge in [-0.15, -0.1) is 0 Å². The van der Waals surface area contributed by atoms with Crippen molar-refractivity contribution in [2.45, 2.75) is 45.6 Å². The zero-order valence-corrected chi connectivity index (χ0v) is 12.6. The van der Waals surface area contributed by atoms with Crippen LogP contribution in [0.15, 0.2) is 24.3 Å². The Morgan fingerprint density at radius 1 is 1.24 bits per heavy atom. The van der Waals surface area contributed by atoms with E-state index in [4.69, 9.17) is 9.84 Å². The van der Waals surface area contributed by atoms with Crippen molar-refractivity contribution in [3.63, 3.8) is 0 Å². The molecular formula is C16H23NO4. The van der Waals surface area contributed by atoms with E-state index < -0.39 is 12.0 Å². The quantitative estimate of drug-likeness (QED) is 0.685. The van der Waals surface area contributed by atoms with Crippen molar-refractivity contribution < 1.29 is 19.4 Å². The number of ether oxygens (including phenoxy) is 1. The molecule has 1 amide bonds. The van der Waals surface area contributed by atoms with Crippen LogP contribution in [0.5, 0.6) is 5.75 Å². The number of carbonyl (C=O) groups excluding carboxylic acids is 1. The smallest absolute Gasteiger partial charge is 0.326 e. The third-order valence-electron chi connectivity index (χ3n) is 3.06. The van der Waals surface area contributed by atoms with E-state index in [1.807, 2.05) is 24.3 Å². The van der Waals surface area contributed by atoms with Crippen molar-refractivity contribution in [1.82, 2.24) is 5.32 Å². The molecule has 0 heterocycles. The number of unbranched alkanes of at least 4 members (excludes halogenated alkanes) is 2. The topological polar surface area (TPSA) is 75.6 Å². The fourth-order valence-corrected chi connectivity index (χ4v) is 1.94. The van der Waals surface area contributed by atoms with Crippen molar-refractivity contribution in [3.05, 3.63) is 29.8 Å². The van der Waals surface area contributed by atoms with Crippen molar-refractivity contribution in [2.24, 2.45) is 0 Å². The number of hydrogen-bond donors (Lipinski definition) is 2. The molecule has 2 N–H and O–H groups in total. The zero-order chi connectivity index (χ0) is 15.7. The van der Waals surface area contributed by atoms with Crippen LogP contribution in [0, 0.1) is 0 Å². The van der Waals surface area contributed by atoms with E-state index in [1.165, 1.54) is 6.92 Å².